The number of β-amino-alcohol motifs (C(OH)–C–C–N with tert-alkyl or cyclic N) is 1. The van der Waals surface area contributed by atoms with Crippen LogP contribution in [-0.2, 0) is 0 Å². The van der Waals surface area contributed by atoms with E-state index in [1.54, 1.807) is 0 Å². The first kappa shape index (κ1) is 15.1. The molecule has 1 heterocycles. The average Bonchev–Trinajstić information content (AvgIpc) is 2.99. The molecule has 2 aromatic rings. The summed E-state index contributed by atoms with van der Waals surface area (Å²) in [6.45, 7) is 4.13. The van der Waals surface area contributed by atoms with E-state index in [-0.39, 0.29) is 6.61 Å². The van der Waals surface area contributed by atoms with Crippen molar-refractivity contribution < 1.29 is 9.84 Å². The highest BCUT2D eigenvalue weighted by atomic mass is 16.5. The minimum atomic E-state index is 0.227. The van der Waals surface area contributed by atoms with Crippen molar-refractivity contribution in [1.82, 2.24) is 4.90 Å². The Morgan fingerprint density at radius 3 is 2.32 bits per heavy atom. The normalized spacial score (nSPS) is 18.5. The molecule has 22 heavy (non-hydrogen) atoms. The van der Waals surface area contributed by atoms with Crippen molar-refractivity contribution >= 4 is 0 Å². The molecule has 0 amide bonds. The summed E-state index contributed by atoms with van der Waals surface area (Å²) in [5.41, 5.74) is 2.54. The largest absolute Gasteiger partial charge is 0.457 e. The first-order valence-corrected chi connectivity index (χ1v) is 7.95. The van der Waals surface area contributed by atoms with Crippen LogP contribution in [0.1, 0.15) is 30.0 Å². The van der Waals surface area contributed by atoms with Crippen molar-refractivity contribution in [3.8, 4) is 11.5 Å². The third-order valence-electron chi connectivity index (χ3n) is 4.27. The van der Waals surface area contributed by atoms with Gasteiger partial charge in [-0.05, 0) is 56.1 Å². The fourth-order valence-corrected chi connectivity index (χ4v) is 3.10. The monoisotopic (exact) mass is 297 g/mol. The molecule has 1 atom stereocenters. The third-order valence-corrected chi connectivity index (χ3v) is 4.27. The first-order valence-electron chi connectivity index (χ1n) is 7.95. The third kappa shape index (κ3) is 3.49. The van der Waals surface area contributed by atoms with Crippen molar-refractivity contribution in [2.75, 3.05) is 19.7 Å². The highest BCUT2D eigenvalue weighted by Crippen LogP contribution is 2.33. The lowest BCUT2D eigenvalue weighted by atomic mass is 10.0. The van der Waals surface area contributed by atoms with Crippen LogP contribution in [-0.4, -0.2) is 29.7 Å². The van der Waals surface area contributed by atoms with E-state index in [1.807, 2.05) is 24.3 Å². The molecule has 0 aromatic heterocycles. The Kier molecular flexibility index (Phi) is 4.76. The van der Waals surface area contributed by atoms with E-state index >= 15 is 0 Å². The van der Waals surface area contributed by atoms with Crippen LogP contribution in [0, 0.1) is 6.92 Å². The standard InChI is InChI=1S/C19H23NO2/c1-15-4-8-17(9-5-15)22-18-10-6-16(7-11-18)19-3-2-12-20(19)13-14-21/h4-11,19,21H,2-3,12-14H2,1H3. The van der Waals surface area contributed by atoms with Gasteiger partial charge in [0.2, 0.25) is 0 Å². The second kappa shape index (κ2) is 6.95. The van der Waals surface area contributed by atoms with Gasteiger partial charge in [0.05, 0.1) is 6.61 Å². The molecule has 1 fully saturated rings. The van der Waals surface area contributed by atoms with Crippen LogP contribution in [0.15, 0.2) is 48.5 Å². The Balaban J connectivity index is 1.68. The number of ether oxygens (including phenoxy) is 1. The second-order valence-electron chi connectivity index (χ2n) is 5.90. The summed E-state index contributed by atoms with van der Waals surface area (Å²) in [5.74, 6) is 1.72. The topological polar surface area (TPSA) is 32.7 Å². The van der Waals surface area contributed by atoms with Crippen LogP contribution in [0.2, 0.25) is 0 Å². The summed E-state index contributed by atoms with van der Waals surface area (Å²) < 4.78 is 5.87. The van der Waals surface area contributed by atoms with Gasteiger partial charge in [-0.15, -0.1) is 0 Å². The summed E-state index contributed by atoms with van der Waals surface area (Å²) in [5, 5.41) is 9.16. The lowest BCUT2D eigenvalue weighted by Gasteiger charge is -2.24. The van der Waals surface area contributed by atoms with Crippen LogP contribution in [0.5, 0.6) is 11.5 Å². The average molecular weight is 297 g/mol. The second-order valence-corrected chi connectivity index (χ2v) is 5.90. The molecule has 3 heteroatoms. The van der Waals surface area contributed by atoms with Crippen LogP contribution < -0.4 is 4.74 Å². The van der Waals surface area contributed by atoms with Crippen molar-refractivity contribution in [1.29, 1.82) is 0 Å². The number of aryl methyl sites for hydroxylation is 1. The number of aliphatic hydroxyl groups excluding tert-OH is 1. The molecule has 2 aromatic carbocycles. The van der Waals surface area contributed by atoms with E-state index in [2.05, 4.69) is 36.1 Å². The lowest BCUT2D eigenvalue weighted by molar-refractivity contribution is 0.185. The van der Waals surface area contributed by atoms with E-state index in [4.69, 9.17) is 9.84 Å². The maximum absolute atomic E-state index is 9.16. The van der Waals surface area contributed by atoms with E-state index < -0.39 is 0 Å². The van der Waals surface area contributed by atoms with Gasteiger partial charge in [0, 0.05) is 12.6 Å². The van der Waals surface area contributed by atoms with Crippen molar-refractivity contribution in [3.63, 3.8) is 0 Å². The molecule has 1 aliphatic rings. The fourth-order valence-electron chi connectivity index (χ4n) is 3.10. The summed E-state index contributed by atoms with van der Waals surface area (Å²) in [6.07, 6.45) is 2.37. The number of rotatable bonds is 5. The smallest absolute Gasteiger partial charge is 0.127 e. The quantitative estimate of drug-likeness (QED) is 0.908. The molecule has 3 nitrogen and oxygen atoms in total. The number of hydrogen-bond donors (Lipinski definition) is 1. The Bertz CT molecular complexity index is 592. The van der Waals surface area contributed by atoms with Crippen LogP contribution >= 0.6 is 0 Å². The molecular formula is C19H23NO2. The minimum absolute atomic E-state index is 0.227. The fraction of sp³-hybridized carbons (Fsp3) is 0.368. The van der Waals surface area contributed by atoms with Gasteiger partial charge in [0.1, 0.15) is 11.5 Å². The number of benzene rings is 2. The molecule has 1 saturated heterocycles. The summed E-state index contributed by atoms with van der Waals surface area (Å²) in [7, 11) is 0. The maximum atomic E-state index is 9.16. The molecule has 0 bridgehead atoms. The van der Waals surface area contributed by atoms with E-state index in [0.717, 1.165) is 31.0 Å². The summed E-state index contributed by atoms with van der Waals surface area (Å²) in [6, 6.07) is 16.9. The number of hydrogen-bond acceptors (Lipinski definition) is 3. The van der Waals surface area contributed by atoms with Crippen molar-refractivity contribution in [3.05, 3.63) is 59.7 Å². The molecule has 1 unspecified atom stereocenters. The van der Waals surface area contributed by atoms with Gasteiger partial charge in [-0.25, -0.2) is 0 Å². The zero-order chi connectivity index (χ0) is 15.4. The minimum Gasteiger partial charge on any atom is -0.457 e. The van der Waals surface area contributed by atoms with E-state index in [0.29, 0.717) is 6.04 Å². The van der Waals surface area contributed by atoms with Gasteiger partial charge in [-0.3, -0.25) is 4.90 Å². The summed E-state index contributed by atoms with van der Waals surface area (Å²) >= 11 is 0. The zero-order valence-corrected chi connectivity index (χ0v) is 13.0. The van der Waals surface area contributed by atoms with Gasteiger partial charge < -0.3 is 9.84 Å². The van der Waals surface area contributed by atoms with Crippen LogP contribution in [0.25, 0.3) is 0 Å². The van der Waals surface area contributed by atoms with Gasteiger partial charge in [-0.2, -0.15) is 0 Å². The number of aliphatic hydroxyl groups is 1. The SMILES string of the molecule is Cc1ccc(Oc2ccc(C3CCCN3CCO)cc2)cc1. The molecule has 3 rings (SSSR count). The predicted molar refractivity (Wildman–Crippen MR) is 88.3 cm³/mol. The lowest BCUT2D eigenvalue weighted by Crippen LogP contribution is -2.26. The summed E-state index contributed by atoms with van der Waals surface area (Å²) in [4.78, 5) is 2.36. The molecule has 0 saturated carbocycles. The van der Waals surface area contributed by atoms with Gasteiger partial charge >= 0.3 is 0 Å². The first-order chi connectivity index (χ1) is 10.8. The highest BCUT2D eigenvalue weighted by molar-refractivity contribution is 5.35. The molecule has 116 valence electrons. The van der Waals surface area contributed by atoms with E-state index in [1.165, 1.54) is 17.5 Å². The number of likely N-dealkylation sites (tertiary alicyclic amines) is 1. The van der Waals surface area contributed by atoms with Gasteiger partial charge in [0.15, 0.2) is 0 Å². The van der Waals surface area contributed by atoms with Crippen LogP contribution in [0.3, 0.4) is 0 Å². The molecular weight excluding hydrogens is 274 g/mol. The molecule has 0 radical (unpaired) electrons. The molecule has 1 N–H and O–H groups in total. The molecule has 0 aliphatic carbocycles. The van der Waals surface area contributed by atoms with Crippen molar-refractivity contribution in [2.45, 2.75) is 25.8 Å². The Hall–Kier alpha value is -1.84. The molecule has 0 spiro atoms. The zero-order valence-electron chi connectivity index (χ0n) is 13.0. The van der Waals surface area contributed by atoms with Crippen LogP contribution in [0.4, 0.5) is 0 Å². The maximum Gasteiger partial charge on any atom is 0.127 e. The highest BCUT2D eigenvalue weighted by Gasteiger charge is 2.25. The Morgan fingerprint density at radius 1 is 1.05 bits per heavy atom. The predicted octanol–water partition coefficient (Wildman–Crippen LogP) is 3.92. The number of nitrogens with zero attached hydrogens (tertiary/aromatic N) is 1. The van der Waals surface area contributed by atoms with Crippen molar-refractivity contribution in [2.24, 2.45) is 0 Å². The van der Waals surface area contributed by atoms with Gasteiger partial charge in [-0.1, -0.05) is 29.8 Å². The van der Waals surface area contributed by atoms with E-state index in [9.17, 15) is 0 Å². The Morgan fingerprint density at radius 2 is 1.68 bits per heavy atom. The van der Waals surface area contributed by atoms with Gasteiger partial charge in [0.25, 0.3) is 0 Å². The Labute approximate surface area is 132 Å². The molecule has 1 aliphatic heterocycles.